The van der Waals surface area contributed by atoms with Gasteiger partial charge < -0.3 is 4.79 Å². The molecule has 0 aliphatic heterocycles. The Balaban J connectivity index is 4.01. The van der Waals surface area contributed by atoms with Crippen molar-refractivity contribution in [1.82, 2.24) is 0 Å². The van der Waals surface area contributed by atoms with Gasteiger partial charge in [0, 0.05) is 5.41 Å². The van der Waals surface area contributed by atoms with E-state index >= 15 is 0 Å². The second-order valence-electron chi connectivity index (χ2n) is 4.84. The summed E-state index contributed by atoms with van der Waals surface area (Å²) in [5.41, 5.74) is 0.0999. The quantitative estimate of drug-likeness (QED) is 0.542. The van der Waals surface area contributed by atoms with Gasteiger partial charge in [-0.3, -0.25) is 0 Å². The third-order valence-corrected chi connectivity index (χ3v) is 1.30. The maximum atomic E-state index is 10.5. The maximum absolute atomic E-state index is 10.5. The van der Waals surface area contributed by atoms with Crippen molar-refractivity contribution in [1.29, 1.82) is 0 Å². The Kier molecular flexibility index (Phi) is 2.64. The van der Waals surface area contributed by atoms with E-state index in [1.54, 1.807) is 0 Å². The molecule has 1 nitrogen and oxygen atoms in total. The lowest BCUT2D eigenvalue weighted by atomic mass is 9.77. The molecule has 0 saturated heterocycles. The second kappa shape index (κ2) is 2.73. The van der Waals surface area contributed by atoms with Gasteiger partial charge in [-0.15, -0.1) is 0 Å². The molecular weight excluding hydrogens is 124 g/mol. The van der Waals surface area contributed by atoms with Crippen molar-refractivity contribution < 1.29 is 4.79 Å². The fraction of sp³-hybridized carbons (Fsp3) is 0.889. The van der Waals surface area contributed by atoms with Crippen LogP contribution in [0.15, 0.2) is 0 Å². The average molecular weight is 142 g/mol. The van der Waals surface area contributed by atoms with Crippen LogP contribution in [-0.4, -0.2) is 6.29 Å². The predicted molar refractivity (Wildman–Crippen MR) is 43.9 cm³/mol. The SMILES string of the molecule is CC(C)(C)CC(C)(C)C=O. The Morgan fingerprint density at radius 1 is 1.10 bits per heavy atom. The number of carbonyl (C=O) groups is 1. The van der Waals surface area contributed by atoms with Gasteiger partial charge in [0.1, 0.15) is 6.29 Å². The van der Waals surface area contributed by atoms with Crippen LogP contribution in [0.25, 0.3) is 0 Å². The van der Waals surface area contributed by atoms with Gasteiger partial charge >= 0.3 is 0 Å². The highest BCUT2D eigenvalue weighted by atomic mass is 16.1. The summed E-state index contributed by atoms with van der Waals surface area (Å²) < 4.78 is 0. The summed E-state index contributed by atoms with van der Waals surface area (Å²) in [5, 5.41) is 0. The van der Waals surface area contributed by atoms with Crippen LogP contribution >= 0.6 is 0 Å². The molecule has 0 heterocycles. The summed E-state index contributed by atoms with van der Waals surface area (Å²) in [6, 6.07) is 0. The highest BCUT2D eigenvalue weighted by molar-refractivity contribution is 5.57. The van der Waals surface area contributed by atoms with Crippen molar-refractivity contribution in [3.8, 4) is 0 Å². The smallest absolute Gasteiger partial charge is 0.125 e. The molecule has 10 heavy (non-hydrogen) atoms. The summed E-state index contributed by atoms with van der Waals surface area (Å²) in [7, 11) is 0. The Hall–Kier alpha value is -0.330. The van der Waals surface area contributed by atoms with E-state index in [1.165, 1.54) is 0 Å². The monoisotopic (exact) mass is 142 g/mol. The zero-order chi connectivity index (χ0) is 8.41. The van der Waals surface area contributed by atoms with Crippen molar-refractivity contribution in [2.75, 3.05) is 0 Å². The lowest BCUT2D eigenvalue weighted by molar-refractivity contribution is -0.116. The molecule has 0 aliphatic rings. The van der Waals surface area contributed by atoms with Crippen LogP contribution in [-0.2, 0) is 4.79 Å². The summed E-state index contributed by atoms with van der Waals surface area (Å²) in [5.74, 6) is 0. The Bertz CT molecular complexity index is 117. The van der Waals surface area contributed by atoms with Gasteiger partial charge in [-0.05, 0) is 11.8 Å². The number of carbonyl (C=O) groups excluding carboxylic acids is 1. The van der Waals surface area contributed by atoms with E-state index < -0.39 is 0 Å². The summed E-state index contributed by atoms with van der Waals surface area (Å²) >= 11 is 0. The van der Waals surface area contributed by atoms with Gasteiger partial charge in [0.15, 0.2) is 0 Å². The van der Waals surface area contributed by atoms with Gasteiger partial charge in [-0.25, -0.2) is 0 Å². The van der Waals surface area contributed by atoms with Crippen molar-refractivity contribution >= 4 is 6.29 Å². The van der Waals surface area contributed by atoms with E-state index in [-0.39, 0.29) is 10.8 Å². The molecule has 0 bridgehead atoms. The molecule has 0 atom stereocenters. The van der Waals surface area contributed by atoms with E-state index in [0.717, 1.165) is 12.7 Å². The molecule has 0 radical (unpaired) electrons. The van der Waals surface area contributed by atoms with E-state index in [4.69, 9.17) is 0 Å². The normalized spacial score (nSPS) is 13.3. The first-order valence-electron chi connectivity index (χ1n) is 3.73. The topological polar surface area (TPSA) is 17.1 Å². The first-order valence-corrected chi connectivity index (χ1v) is 3.73. The van der Waals surface area contributed by atoms with E-state index in [9.17, 15) is 4.79 Å². The third-order valence-electron chi connectivity index (χ3n) is 1.30. The lowest BCUT2D eigenvalue weighted by Crippen LogP contribution is -2.21. The summed E-state index contributed by atoms with van der Waals surface area (Å²) in [6.07, 6.45) is 1.99. The van der Waals surface area contributed by atoms with Crippen LogP contribution in [0.5, 0.6) is 0 Å². The molecule has 0 spiro atoms. The molecule has 0 aromatic heterocycles. The van der Waals surface area contributed by atoms with Crippen molar-refractivity contribution in [3.63, 3.8) is 0 Å². The minimum Gasteiger partial charge on any atom is -0.303 e. The Morgan fingerprint density at radius 2 is 1.50 bits per heavy atom. The molecule has 0 amide bonds. The molecule has 0 aromatic carbocycles. The fourth-order valence-electron chi connectivity index (χ4n) is 1.41. The fourth-order valence-corrected chi connectivity index (χ4v) is 1.41. The predicted octanol–water partition coefficient (Wildman–Crippen LogP) is 2.65. The third kappa shape index (κ3) is 4.54. The first-order chi connectivity index (χ1) is 4.27. The molecule has 0 fully saturated rings. The molecule has 1 heteroatoms. The van der Waals surface area contributed by atoms with Crippen molar-refractivity contribution in [2.45, 2.75) is 41.0 Å². The lowest BCUT2D eigenvalue weighted by Gasteiger charge is -2.27. The van der Waals surface area contributed by atoms with E-state index in [2.05, 4.69) is 20.8 Å². The zero-order valence-corrected chi connectivity index (χ0v) is 7.69. The minimum absolute atomic E-state index is 0.155. The molecule has 0 aromatic rings. The number of hydrogen-bond donors (Lipinski definition) is 0. The van der Waals surface area contributed by atoms with Crippen LogP contribution < -0.4 is 0 Å². The summed E-state index contributed by atoms with van der Waals surface area (Å²) in [4.78, 5) is 10.5. The van der Waals surface area contributed by atoms with Gasteiger partial charge in [-0.1, -0.05) is 34.6 Å². The highest BCUT2D eigenvalue weighted by Crippen LogP contribution is 2.30. The van der Waals surface area contributed by atoms with Crippen molar-refractivity contribution in [2.24, 2.45) is 10.8 Å². The zero-order valence-electron chi connectivity index (χ0n) is 7.69. The molecular formula is C9H18O. The average Bonchev–Trinajstić information content (AvgIpc) is 1.60. The van der Waals surface area contributed by atoms with Crippen LogP contribution in [0.2, 0.25) is 0 Å². The van der Waals surface area contributed by atoms with Gasteiger partial charge in [0.25, 0.3) is 0 Å². The second-order valence-corrected chi connectivity index (χ2v) is 4.84. The standard InChI is InChI=1S/C9H18O/c1-8(2,3)6-9(4,5)7-10/h7H,6H2,1-5H3. The van der Waals surface area contributed by atoms with E-state index in [1.807, 2.05) is 13.8 Å². The number of aldehydes is 1. The summed E-state index contributed by atoms with van der Waals surface area (Å²) in [6.45, 7) is 10.4. The Morgan fingerprint density at radius 3 is 1.60 bits per heavy atom. The molecule has 0 aliphatic carbocycles. The molecule has 0 rings (SSSR count). The molecule has 0 unspecified atom stereocenters. The van der Waals surface area contributed by atoms with Crippen LogP contribution in [0.1, 0.15) is 41.0 Å². The molecule has 60 valence electrons. The highest BCUT2D eigenvalue weighted by Gasteiger charge is 2.24. The largest absolute Gasteiger partial charge is 0.303 e. The molecule has 0 N–H and O–H groups in total. The van der Waals surface area contributed by atoms with Gasteiger partial charge in [-0.2, -0.15) is 0 Å². The number of rotatable bonds is 2. The maximum Gasteiger partial charge on any atom is 0.125 e. The minimum atomic E-state index is -0.155. The molecule has 0 saturated carbocycles. The van der Waals surface area contributed by atoms with E-state index in [0.29, 0.717) is 0 Å². The van der Waals surface area contributed by atoms with Gasteiger partial charge in [0.2, 0.25) is 0 Å². The van der Waals surface area contributed by atoms with Crippen LogP contribution in [0, 0.1) is 10.8 Å². The first kappa shape index (κ1) is 9.67. The van der Waals surface area contributed by atoms with Crippen LogP contribution in [0.4, 0.5) is 0 Å². The van der Waals surface area contributed by atoms with Gasteiger partial charge in [0.05, 0.1) is 0 Å². The Labute approximate surface area is 63.8 Å². The van der Waals surface area contributed by atoms with Crippen molar-refractivity contribution in [3.05, 3.63) is 0 Å². The number of hydrogen-bond acceptors (Lipinski definition) is 1. The van der Waals surface area contributed by atoms with Crippen LogP contribution in [0.3, 0.4) is 0 Å².